The standard InChI is InChI=1S/C14H12N6/c15-6-3-7-17-13-8-14(19-10-18-13)20-12-5-2-1-4-11(12)9-16/h1-2,4-5,8,10H,3,7H2,(H2,17,18,19,20). The molecular formula is C14H12N6. The van der Waals surface area contributed by atoms with Crippen molar-refractivity contribution in [3.8, 4) is 12.1 Å². The second-order valence-electron chi connectivity index (χ2n) is 3.91. The number of aromatic nitrogens is 2. The first-order chi connectivity index (χ1) is 9.83. The number of hydrogen-bond donors (Lipinski definition) is 2. The molecule has 2 aromatic rings. The van der Waals surface area contributed by atoms with Gasteiger partial charge in [0.05, 0.1) is 23.7 Å². The Hall–Kier alpha value is -3.12. The molecule has 6 heteroatoms. The van der Waals surface area contributed by atoms with Crippen molar-refractivity contribution in [2.75, 3.05) is 17.2 Å². The van der Waals surface area contributed by atoms with E-state index in [4.69, 9.17) is 10.5 Å². The molecule has 0 aliphatic carbocycles. The fraction of sp³-hybridized carbons (Fsp3) is 0.143. The highest BCUT2D eigenvalue weighted by molar-refractivity contribution is 5.65. The van der Waals surface area contributed by atoms with Crippen LogP contribution in [0, 0.1) is 22.7 Å². The number of nitrogens with zero attached hydrogens (tertiary/aromatic N) is 4. The van der Waals surface area contributed by atoms with Crippen LogP contribution in [-0.4, -0.2) is 16.5 Å². The molecule has 0 atom stereocenters. The van der Waals surface area contributed by atoms with Crippen molar-refractivity contribution >= 4 is 17.3 Å². The number of rotatable bonds is 5. The van der Waals surface area contributed by atoms with Crippen LogP contribution >= 0.6 is 0 Å². The number of hydrogen-bond acceptors (Lipinski definition) is 6. The SMILES string of the molecule is N#CCCNc1cc(Nc2ccccc2C#N)ncn1. The van der Waals surface area contributed by atoms with E-state index < -0.39 is 0 Å². The van der Waals surface area contributed by atoms with Crippen molar-refractivity contribution in [2.24, 2.45) is 0 Å². The summed E-state index contributed by atoms with van der Waals surface area (Å²) in [6, 6.07) is 13.1. The minimum atomic E-state index is 0.407. The van der Waals surface area contributed by atoms with Crippen LogP contribution in [0.4, 0.5) is 17.3 Å². The van der Waals surface area contributed by atoms with E-state index in [-0.39, 0.29) is 0 Å². The number of benzene rings is 1. The molecule has 0 saturated carbocycles. The molecule has 1 heterocycles. The van der Waals surface area contributed by atoms with Gasteiger partial charge in [0.1, 0.15) is 24.0 Å². The molecule has 0 spiro atoms. The monoisotopic (exact) mass is 264 g/mol. The zero-order valence-electron chi connectivity index (χ0n) is 10.7. The predicted molar refractivity (Wildman–Crippen MR) is 75.2 cm³/mol. The van der Waals surface area contributed by atoms with E-state index in [2.05, 4.69) is 26.7 Å². The Balaban J connectivity index is 2.12. The quantitative estimate of drug-likeness (QED) is 0.805. The summed E-state index contributed by atoms with van der Waals surface area (Å²) >= 11 is 0. The van der Waals surface area contributed by atoms with E-state index in [0.717, 1.165) is 0 Å². The summed E-state index contributed by atoms with van der Waals surface area (Å²) in [4.78, 5) is 8.16. The van der Waals surface area contributed by atoms with Crippen LogP contribution in [0.5, 0.6) is 0 Å². The Labute approximate surface area is 116 Å². The van der Waals surface area contributed by atoms with Gasteiger partial charge in [-0.1, -0.05) is 12.1 Å². The maximum absolute atomic E-state index is 9.03. The summed E-state index contributed by atoms with van der Waals surface area (Å²) in [5.41, 5.74) is 1.24. The third-order valence-electron chi connectivity index (χ3n) is 2.52. The molecule has 0 radical (unpaired) electrons. The summed E-state index contributed by atoms with van der Waals surface area (Å²) in [6.45, 7) is 0.529. The number of para-hydroxylation sites is 1. The van der Waals surface area contributed by atoms with E-state index >= 15 is 0 Å². The molecule has 0 fully saturated rings. The minimum Gasteiger partial charge on any atom is -0.369 e. The van der Waals surface area contributed by atoms with E-state index in [0.29, 0.717) is 35.9 Å². The van der Waals surface area contributed by atoms with Crippen LogP contribution < -0.4 is 10.6 Å². The van der Waals surface area contributed by atoms with Gasteiger partial charge in [0, 0.05) is 12.6 Å². The normalized spacial score (nSPS) is 9.30. The van der Waals surface area contributed by atoms with E-state index in [1.807, 2.05) is 18.2 Å². The van der Waals surface area contributed by atoms with Crippen molar-refractivity contribution in [1.29, 1.82) is 10.5 Å². The smallest absolute Gasteiger partial charge is 0.135 e. The Morgan fingerprint density at radius 1 is 1.10 bits per heavy atom. The van der Waals surface area contributed by atoms with Gasteiger partial charge in [-0.25, -0.2) is 9.97 Å². The average molecular weight is 264 g/mol. The van der Waals surface area contributed by atoms with Gasteiger partial charge in [-0.2, -0.15) is 10.5 Å². The van der Waals surface area contributed by atoms with Gasteiger partial charge in [0.25, 0.3) is 0 Å². The third-order valence-corrected chi connectivity index (χ3v) is 2.52. The van der Waals surface area contributed by atoms with Gasteiger partial charge in [-0.15, -0.1) is 0 Å². The lowest BCUT2D eigenvalue weighted by atomic mass is 10.2. The molecule has 98 valence electrons. The van der Waals surface area contributed by atoms with Gasteiger partial charge >= 0.3 is 0 Å². The lowest BCUT2D eigenvalue weighted by molar-refractivity contribution is 1.04. The van der Waals surface area contributed by atoms with Gasteiger partial charge in [-0.05, 0) is 12.1 Å². The van der Waals surface area contributed by atoms with Crippen LogP contribution in [0.1, 0.15) is 12.0 Å². The number of anilines is 3. The van der Waals surface area contributed by atoms with E-state index in [1.165, 1.54) is 6.33 Å². The fourth-order valence-corrected chi connectivity index (χ4v) is 1.60. The molecule has 1 aromatic carbocycles. The molecule has 6 nitrogen and oxygen atoms in total. The summed E-state index contributed by atoms with van der Waals surface area (Å²) < 4.78 is 0. The summed E-state index contributed by atoms with van der Waals surface area (Å²) in [5, 5.41) is 23.6. The van der Waals surface area contributed by atoms with Gasteiger partial charge in [0.2, 0.25) is 0 Å². The van der Waals surface area contributed by atoms with Crippen LogP contribution in [0.3, 0.4) is 0 Å². The predicted octanol–water partition coefficient (Wildman–Crippen LogP) is 2.42. The van der Waals surface area contributed by atoms with Crippen LogP contribution in [-0.2, 0) is 0 Å². The van der Waals surface area contributed by atoms with Crippen LogP contribution in [0.15, 0.2) is 36.7 Å². The molecule has 20 heavy (non-hydrogen) atoms. The minimum absolute atomic E-state index is 0.407. The lowest BCUT2D eigenvalue weighted by Crippen LogP contribution is -2.04. The largest absolute Gasteiger partial charge is 0.369 e. The van der Waals surface area contributed by atoms with Crippen LogP contribution in [0.25, 0.3) is 0 Å². The first kappa shape index (κ1) is 13.3. The van der Waals surface area contributed by atoms with Gasteiger partial charge in [-0.3, -0.25) is 0 Å². The highest BCUT2D eigenvalue weighted by atomic mass is 15.1. The second kappa shape index (κ2) is 6.72. The molecule has 0 saturated heterocycles. The molecule has 0 bridgehead atoms. The van der Waals surface area contributed by atoms with Gasteiger partial charge in [0.15, 0.2) is 0 Å². The average Bonchev–Trinajstić information content (AvgIpc) is 2.48. The zero-order valence-corrected chi connectivity index (χ0v) is 10.7. The summed E-state index contributed by atoms with van der Waals surface area (Å²) in [5.74, 6) is 1.22. The Bertz CT molecular complexity index is 668. The Morgan fingerprint density at radius 2 is 1.90 bits per heavy atom. The number of nitriles is 2. The topological polar surface area (TPSA) is 97.4 Å². The third kappa shape index (κ3) is 3.44. The zero-order chi connectivity index (χ0) is 14.2. The van der Waals surface area contributed by atoms with Crippen LogP contribution in [0.2, 0.25) is 0 Å². The molecule has 2 N–H and O–H groups in total. The molecular weight excluding hydrogens is 252 g/mol. The first-order valence-electron chi connectivity index (χ1n) is 6.02. The summed E-state index contributed by atoms with van der Waals surface area (Å²) in [7, 11) is 0. The second-order valence-corrected chi connectivity index (χ2v) is 3.91. The van der Waals surface area contributed by atoms with Crippen molar-refractivity contribution in [3.05, 3.63) is 42.2 Å². The molecule has 0 unspecified atom stereocenters. The number of nitrogens with one attached hydrogen (secondary N) is 2. The van der Waals surface area contributed by atoms with Crippen molar-refractivity contribution < 1.29 is 0 Å². The lowest BCUT2D eigenvalue weighted by Gasteiger charge is -2.08. The Kier molecular flexibility index (Phi) is 4.47. The maximum atomic E-state index is 9.03. The highest BCUT2D eigenvalue weighted by Gasteiger charge is 2.03. The van der Waals surface area contributed by atoms with Crippen molar-refractivity contribution in [2.45, 2.75) is 6.42 Å². The maximum Gasteiger partial charge on any atom is 0.135 e. The molecule has 0 aliphatic rings. The molecule has 2 rings (SSSR count). The van der Waals surface area contributed by atoms with E-state index in [9.17, 15) is 0 Å². The highest BCUT2D eigenvalue weighted by Crippen LogP contribution is 2.19. The Morgan fingerprint density at radius 3 is 2.70 bits per heavy atom. The summed E-state index contributed by atoms with van der Waals surface area (Å²) in [6.07, 6.45) is 1.83. The molecule has 0 aliphatic heterocycles. The van der Waals surface area contributed by atoms with Gasteiger partial charge < -0.3 is 10.6 Å². The van der Waals surface area contributed by atoms with Crippen molar-refractivity contribution in [3.63, 3.8) is 0 Å². The molecule has 1 aromatic heterocycles. The molecule has 0 amide bonds. The van der Waals surface area contributed by atoms with Crippen molar-refractivity contribution in [1.82, 2.24) is 9.97 Å². The fourth-order valence-electron chi connectivity index (χ4n) is 1.60. The van der Waals surface area contributed by atoms with E-state index in [1.54, 1.807) is 18.2 Å². The first-order valence-corrected chi connectivity index (χ1v) is 6.02.